The summed E-state index contributed by atoms with van der Waals surface area (Å²) in [5.41, 5.74) is 5.78. The van der Waals surface area contributed by atoms with Crippen molar-refractivity contribution in [1.29, 1.82) is 5.26 Å². The Morgan fingerprint density at radius 3 is 2.48 bits per heavy atom. The van der Waals surface area contributed by atoms with E-state index in [0.29, 0.717) is 22.9 Å². The van der Waals surface area contributed by atoms with Crippen LogP contribution in [0.5, 0.6) is 0 Å². The Kier molecular flexibility index (Phi) is 6.55. The number of carbonyl (C=O) groups is 1. The number of nitriles is 1. The fourth-order valence-corrected chi connectivity index (χ4v) is 5.32. The molecule has 0 spiro atoms. The molecular weight excluding hydrogens is 424 g/mol. The van der Waals surface area contributed by atoms with E-state index >= 15 is 0 Å². The van der Waals surface area contributed by atoms with Crippen molar-refractivity contribution in [1.82, 2.24) is 5.32 Å². The minimum Gasteiger partial charge on any atom is -0.352 e. The van der Waals surface area contributed by atoms with Crippen LogP contribution in [0.2, 0.25) is 5.02 Å². The van der Waals surface area contributed by atoms with Gasteiger partial charge in [0.1, 0.15) is 0 Å². The third kappa shape index (κ3) is 4.59. The van der Waals surface area contributed by atoms with E-state index in [1.807, 2.05) is 24.3 Å². The molecule has 1 atom stereocenters. The molecule has 2 aromatic carbocycles. The zero-order valence-corrected chi connectivity index (χ0v) is 19.3. The number of hydrogen-bond acceptors (Lipinski definition) is 4. The minimum atomic E-state index is -0.303. The molecule has 0 bridgehead atoms. The highest BCUT2D eigenvalue weighted by Crippen LogP contribution is 2.44. The summed E-state index contributed by atoms with van der Waals surface area (Å²) in [7, 11) is 0. The number of nitrogens with one attached hydrogen (secondary N) is 1. The van der Waals surface area contributed by atoms with Crippen LogP contribution in [0.15, 0.2) is 70.4 Å². The normalized spacial score (nSPS) is 18.7. The van der Waals surface area contributed by atoms with E-state index in [4.69, 9.17) is 11.6 Å². The zero-order chi connectivity index (χ0) is 22.0. The van der Waals surface area contributed by atoms with Gasteiger partial charge in [-0.05, 0) is 47.6 Å². The summed E-state index contributed by atoms with van der Waals surface area (Å²) in [6, 6.07) is 18.6. The molecule has 0 amide bonds. The van der Waals surface area contributed by atoms with Gasteiger partial charge in [-0.1, -0.05) is 61.8 Å². The molecule has 1 heterocycles. The van der Waals surface area contributed by atoms with E-state index in [2.05, 4.69) is 49.5 Å². The van der Waals surface area contributed by atoms with Crippen molar-refractivity contribution in [3.8, 4) is 6.07 Å². The SMILES string of the molecule is CC(C)c1ccc([C@@H]2C(C#N)=C(SCc3ccc(Cl)cc3)NC3=C2C(=O)CCC3)cc1. The average molecular weight is 449 g/mol. The number of carbonyl (C=O) groups excluding carboxylic acids is 1. The summed E-state index contributed by atoms with van der Waals surface area (Å²) in [6.45, 7) is 4.33. The quantitative estimate of drug-likeness (QED) is 0.544. The van der Waals surface area contributed by atoms with Crippen LogP contribution in [-0.2, 0) is 10.5 Å². The number of nitrogens with zero attached hydrogens (tertiary/aromatic N) is 1. The molecule has 0 radical (unpaired) electrons. The van der Waals surface area contributed by atoms with Gasteiger partial charge < -0.3 is 5.32 Å². The highest BCUT2D eigenvalue weighted by molar-refractivity contribution is 8.02. The number of rotatable bonds is 5. The first-order valence-corrected chi connectivity index (χ1v) is 12.0. The lowest BCUT2D eigenvalue weighted by molar-refractivity contribution is -0.116. The lowest BCUT2D eigenvalue weighted by atomic mass is 9.76. The standard InChI is InChI=1S/C26H25ClN2OS/c1-16(2)18-8-10-19(11-9-18)24-21(14-28)26(29-22-4-3-5-23(30)25(22)24)31-15-17-6-12-20(27)13-7-17/h6-13,16,24,29H,3-5,15H2,1-2H3/t24-/m1/s1. The fourth-order valence-electron chi connectivity index (χ4n) is 4.18. The Morgan fingerprint density at radius 1 is 1.13 bits per heavy atom. The van der Waals surface area contributed by atoms with Gasteiger partial charge in [0.25, 0.3) is 0 Å². The summed E-state index contributed by atoms with van der Waals surface area (Å²) >= 11 is 7.61. The first kappa shape index (κ1) is 21.7. The summed E-state index contributed by atoms with van der Waals surface area (Å²) in [5, 5.41) is 15.1. The van der Waals surface area contributed by atoms with Gasteiger partial charge in [0.05, 0.1) is 22.6 Å². The Morgan fingerprint density at radius 2 is 1.84 bits per heavy atom. The number of hydrogen-bond donors (Lipinski definition) is 1. The van der Waals surface area contributed by atoms with Crippen molar-refractivity contribution in [2.75, 3.05) is 0 Å². The number of allylic oxidation sites excluding steroid dienone is 3. The number of thioether (sulfide) groups is 1. The Bertz CT molecular complexity index is 1090. The molecule has 1 N–H and O–H groups in total. The molecule has 31 heavy (non-hydrogen) atoms. The number of halogens is 1. The van der Waals surface area contributed by atoms with Crippen LogP contribution in [0.25, 0.3) is 0 Å². The lowest BCUT2D eigenvalue weighted by Crippen LogP contribution is -2.31. The van der Waals surface area contributed by atoms with Gasteiger partial charge in [0.15, 0.2) is 5.78 Å². The highest BCUT2D eigenvalue weighted by Gasteiger charge is 2.37. The average Bonchev–Trinajstić information content (AvgIpc) is 2.78. The van der Waals surface area contributed by atoms with Crippen molar-refractivity contribution in [3.05, 3.63) is 92.1 Å². The van der Waals surface area contributed by atoms with Gasteiger partial charge in [0.2, 0.25) is 0 Å². The summed E-state index contributed by atoms with van der Waals surface area (Å²) in [5.74, 6) is 1.01. The van der Waals surface area contributed by atoms with Gasteiger partial charge >= 0.3 is 0 Å². The summed E-state index contributed by atoms with van der Waals surface area (Å²) in [4.78, 5) is 12.9. The van der Waals surface area contributed by atoms with Gasteiger partial charge in [-0.15, -0.1) is 11.8 Å². The first-order valence-electron chi connectivity index (χ1n) is 10.6. The predicted octanol–water partition coefficient (Wildman–Crippen LogP) is 6.83. The monoisotopic (exact) mass is 448 g/mol. The molecular formula is C26H25ClN2OS. The summed E-state index contributed by atoms with van der Waals surface area (Å²) < 4.78 is 0. The van der Waals surface area contributed by atoms with Crippen LogP contribution in [0.1, 0.15) is 61.6 Å². The van der Waals surface area contributed by atoms with E-state index < -0.39 is 0 Å². The van der Waals surface area contributed by atoms with Crippen molar-refractivity contribution >= 4 is 29.1 Å². The van der Waals surface area contributed by atoms with Gasteiger partial charge in [-0.2, -0.15) is 5.26 Å². The molecule has 0 saturated heterocycles. The second kappa shape index (κ2) is 9.34. The smallest absolute Gasteiger partial charge is 0.161 e. The van der Waals surface area contributed by atoms with Crippen LogP contribution in [0.3, 0.4) is 0 Å². The third-order valence-electron chi connectivity index (χ3n) is 5.90. The second-order valence-corrected chi connectivity index (χ2v) is 9.74. The molecule has 0 fully saturated rings. The van der Waals surface area contributed by atoms with Crippen molar-refractivity contribution in [2.45, 2.75) is 50.7 Å². The first-order chi connectivity index (χ1) is 15.0. The number of benzene rings is 2. The zero-order valence-electron chi connectivity index (χ0n) is 17.7. The molecule has 4 rings (SSSR count). The van der Waals surface area contributed by atoms with Crippen molar-refractivity contribution in [3.63, 3.8) is 0 Å². The van der Waals surface area contributed by atoms with Crippen LogP contribution in [0, 0.1) is 11.3 Å². The molecule has 0 aromatic heterocycles. The maximum Gasteiger partial charge on any atom is 0.161 e. The molecule has 1 aliphatic carbocycles. The third-order valence-corrected chi connectivity index (χ3v) is 7.24. The maximum absolute atomic E-state index is 12.9. The Balaban J connectivity index is 1.72. The van der Waals surface area contributed by atoms with E-state index in [1.54, 1.807) is 11.8 Å². The molecule has 0 saturated carbocycles. The predicted molar refractivity (Wildman–Crippen MR) is 128 cm³/mol. The topological polar surface area (TPSA) is 52.9 Å². The van der Waals surface area contributed by atoms with Gasteiger partial charge in [-0.3, -0.25) is 4.79 Å². The van der Waals surface area contributed by atoms with Crippen LogP contribution >= 0.6 is 23.4 Å². The highest BCUT2D eigenvalue weighted by atomic mass is 35.5. The van der Waals surface area contributed by atoms with Crippen LogP contribution in [-0.4, -0.2) is 5.78 Å². The Labute approximate surface area is 193 Å². The van der Waals surface area contributed by atoms with E-state index in [-0.39, 0.29) is 11.7 Å². The maximum atomic E-state index is 12.9. The largest absolute Gasteiger partial charge is 0.352 e. The van der Waals surface area contributed by atoms with Crippen molar-refractivity contribution in [2.24, 2.45) is 0 Å². The van der Waals surface area contributed by atoms with Crippen LogP contribution in [0.4, 0.5) is 0 Å². The number of ketones is 1. The Hall–Kier alpha value is -2.48. The second-order valence-electron chi connectivity index (χ2n) is 8.32. The lowest BCUT2D eigenvalue weighted by Gasteiger charge is -2.33. The molecule has 0 unspecified atom stereocenters. The minimum absolute atomic E-state index is 0.154. The molecule has 2 aromatic rings. The van der Waals surface area contributed by atoms with E-state index in [0.717, 1.165) is 46.0 Å². The molecule has 5 heteroatoms. The molecule has 2 aliphatic rings. The number of Topliss-reactive ketones (excluding diaryl/α,β-unsaturated/α-hetero) is 1. The molecule has 1 aliphatic heterocycles. The van der Waals surface area contributed by atoms with Crippen LogP contribution < -0.4 is 5.32 Å². The van der Waals surface area contributed by atoms with E-state index in [9.17, 15) is 10.1 Å². The summed E-state index contributed by atoms with van der Waals surface area (Å²) in [6.07, 6.45) is 2.24. The molecule has 158 valence electrons. The number of dihydropyridines is 1. The van der Waals surface area contributed by atoms with Gasteiger partial charge in [-0.25, -0.2) is 0 Å². The fraction of sp³-hybridized carbons (Fsp3) is 0.308. The van der Waals surface area contributed by atoms with Gasteiger partial charge in [0, 0.05) is 28.5 Å². The van der Waals surface area contributed by atoms with E-state index in [1.165, 1.54) is 5.56 Å². The van der Waals surface area contributed by atoms with Crippen molar-refractivity contribution < 1.29 is 4.79 Å². The molecule has 3 nitrogen and oxygen atoms in total.